The first-order chi connectivity index (χ1) is 21.0. The summed E-state index contributed by atoms with van der Waals surface area (Å²) in [6, 6.07) is 13.9. The normalized spacial score (nSPS) is 22.1. The Morgan fingerprint density at radius 2 is 1.80 bits per heavy atom. The van der Waals surface area contributed by atoms with Crippen molar-refractivity contribution in [3.63, 3.8) is 0 Å². The summed E-state index contributed by atoms with van der Waals surface area (Å²) in [5.41, 5.74) is 1.69. The highest BCUT2D eigenvalue weighted by Crippen LogP contribution is 2.25. The zero-order chi connectivity index (χ0) is 32.1. The highest BCUT2D eigenvalue weighted by Gasteiger charge is 2.30. The van der Waals surface area contributed by atoms with Crippen LogP contribution in [0.1, 0.15) is 51.2 Å². The third-order valence-corrected chi connectivity index (χ3v) is 7.32. The van der Waals surface area contributed by atoms with Crippen LogP contribution in [-0.2, 0) is 35.1 Å². The van der Waals surface area contributed by atoms with Crippen molar-refractivity contribution < 1.29 is 33.4 Å². The van der Waals surface area contributed by atoms with Crippen molar-refractivity contribution in [3.8, 4) is 5.75 Å². The van der Waals surface area contributed by atoms with E-state index in [-0.39, 0.29) is 44.1 Å². The van der Waals surface area contributed by atoms with Crippen molar-refractivity contribution in [3.05, 3.63) is 82.9 Å². The minimum Gasteiger partial charge on any atom is -0.495 e. The molecule has 1 unspecified atom stereocenters. The van der Waals surface area contributed by atoms with Crippen LogP contribution < -0.4 is 15.4 Å². The van der Waals surface area contributed by atoms with Gasteiger partial charge >= 0.3 is 11.9 Å². The lowest BCUT2D eigenvalue weighted by molar-refractivity contribution is -0.173. The standard InChI is InChI=1S/C34H41ClN2O7/c1-22(2)19-30-34(41)44-28(23(3)13-14-24-9-6-5-7-10-24)11-8-12-31(38)37-27(33(40)36-18-17-32(39)43-30)21-25-15-16-29(42-4)26(35)20-25/h5-10,12-16,20,22-23,27-28,30H,11,17-19,21H2,1-4H3,(H,36,40)(H,37,38)/b12-8+,14-13+/t23-,27?,28+,30+/m1/s1. The Kier molecular flexibility index (Phi) is 13.5. The molecule has 4 atom stereocenters. The fourth-order valence-corrected chi connectivity index (χ4v) is 4.89. The van der Waals surface area contributed by atoms with Gasteiger partial charge in [0, 0.05) is 25.3 Å². The van der Waals surface area contributed by atoms with Gasteiger partial charge in [0.2, 0.25) is 11.8 Å². The molecule has 1 aliphatic rings. The highest BCUT2D eigenvalue weighted by atomic mass is 35.5. The minimum atomic E-state index is -1.10. The molecule has 2 aromatic rings. The number of nitrogens with one attached hydrogen (secondary N) is 2. The lowest BCUT2D eigenvalue weighted by Crippen LogP contribution is -2.48. The molecule has 0 aromatic heterocycles. The predicted octanol–water partition coefficient (Wildman–Crippen LogP) is 5.06. The molecule has 1 aliphatic heterocycles. The van der Waals surface area contributed by atoms with E-state index in [4.69, 9.17) is 25.8 Å². The Hall–Kier alpha value is -4.11. The zero-order valence-corrected chi connectivity index (χ0v) is 26.3. The monoisotopic (exact) mass is 624 g/mol. The van der Waals surface area contributed by atoms with E-state index in [0.717, 1.165) is 5.56 Å². The van der Waals surface area contributed by atoms with Crippen LogP contribution in [0.3, 0.4) is 0 Å². The number of rotatable bonds is 8. The second-order valence-corrected chi connectivity index (χ2v) is 11.5. The number of benzene rings is 2. The van der Waals surface area contributed by atoms with Gasteiger partial charge in [0.05, 0.1) is 18.6 Å². The number of methoxy groups -OCH3 is 1. The molecule has 0 bridgehead atoms. The molecule has 0 aliphatic carbocycles. The topological polar surface area (TPSA) is 120 Å². The molecule has 236 valence electrons. The summed E-state index contributed by atoms with van der Waals surface area (Å²) in [6.45, 7) is 5.70. The minimum absolute atomic E-state index is 0.0450. The van der Waals surface area contributed by atoms with Crippen LogP contribution in [-0.4, -0.2) is 55.7 Å². The fourth-order valence-electron chi connectivity index (χ4n) is 4.61. The van der Waals surface area contributed by atoms with E-state index in [0.29, 0.717) is 16.3 Å². The second kappa shape index (κ2) is 17.3. The number of amides is 2. The average Bonchev–Trinajstić information content (AvgIpc) is 2.98. The summed E-state index contributed by atoms with van der Waals surface area (Å²) in [4.78, 5) is 52.0. The van der Waals surface area contributed by atoms with E-state index in [9.17, 15) is 19.2 Å². The number of ether oxygens (including phenoxy) is 3. The summed E-state index contributed by atoms with van der Waals surface area (Å²) < 4.78 is 16.6. The van der Waals surface area contributed by atoms with E-state index < -0.39 is 42.0 Å². The molecule has 0 spiro atoms. The molecular weight excluding hydrogens is 584 g/mol. The molecule has 0 fully saturated rings. The van der Waals surface area contributed by atoms with Crippen LogP contribution >= 0.6 is 11.6 Å². The third-order valence-electron chi connectivity index (χ3n) is 7.02. The molecule has 3 rings (SSSR count). The highest BCUT2D eigenvalue weighted by molar-refractivity contribution is 6.32. The number of carbonyl (C=O) groups is 4. The van der Waals surface area contributed by atoms with Gasteiger partial charge in [-0.3, -0.25) is 14.4 Å². The smallest absolute Gasteiger partial charge is 0.347 e. The maximum atomic E-state index is 13.3. The Balaban J connectivity index is 1.86. The largest absolute Gasteiger partial charge is 0.495 e. The van der Waals surface area contributed by atoms with Gasteiger partial charge in [-0.15, -0.1) is 0 Å². The molecule has 9 nitrogen and oxygen atoms in total. The molecule has 10 heteroatoms. The van der Waals surface area contributed by atoms with Gasteiger partial charge in [0.25, 0.3) is 0 Å². The van der Waals surface area contributed by atoms with Crippen molar-refractivity contribution in [2.75, 3.05) is 13.7 Å². The maximum absolute atomic E-state index is 13.3. The fraction of sp³-hybridized carbons (Fsp3) is 0.412. The van der Waals surface area contributed by atoms with E-state index in [1.165, 1.54) is 13.2 Å². The van der Waals surface area contributed by atoms with E-state index in [1.807, 2.05) is 63.3 Å². The molecule has 2 aromatic carbocycles. The maximum Gasteiger partial charge on any atom is 0.347 e. The number of hydrogen-bond acceptors (Lipinski definition) is 7. The van der Waals surface area contributed by atoms with Gasteiger partial charge < -0.3 is 24.8 Å². The molecule has 1 heterocycles. The van der Waals surface area contributed by atoms with Gasteiger partial charge in [0.15, 0.2) is 6.10 Å². The molecular formula is C34H41ClN2O7. The second-order valence-electron chi connectivity index (χ2n) is 11.1. The first-order valence-corrected chi connectivity index (χ1v) is 15.1. The SMILES string of the molecule is COc1ccc(CC2NC(=O)/C=C/C[C@@H]([C@H](C)/C=C/c3ccccc3)OC(=O)[C@H](CC(C)C)OC(=O)CCNC2=O)cc1Cl. The number of esters is 2. The summed E-state index contributed by atoms with van der Waals surface area (Å²) in [5.74, 6) is -1.96. The summed E-state index contributed by atoms with van der Waals surface area (Å²) in [7, 11) is 1.50. The molecule has 2 N–H and O–H groups in total. The van der Waals surface area contributed by atoms with Crippen LogP contribution in [0.15, 0.2) is 66.8 Å². The summed E-state index contributed by atoms with van der Waals surface area (Å²) in [6.07, 6.45) is 5.54. The van der Waals surface area contributed by atoms with Gasteiger partial charge in [0.1, 0.15) is 17.9 Å². The molecule has 0 saturated heterocycles. The van der Waals surface area contributed by atoms with Crippen molar-refractivity contribution in [1.82, 2.24) is 10.6 Å². The van der Waals surface area contributed by atoms with Gasteiger partial charge in [-0.25, -0.2) is 4.79 Å². The van der Waals surface area contributed by atoms with Crippen molar-refractivity contribution in [2.45, 2.75) is 64.7 Å². The average molecular weight is 625 g/mol. The van der Waals surface area contributed by atoms with Crippen LogP contribution in [0.2, 0.25) is 5.02 Å². The first kappa shape index (κ1) is 34.4. The Morgan fingerprint density at radius 1 is 1.05 bits per heavy atom. The van der Waals surface area contributed by atoms with Gasteiger partial charge in [-0.05, 0) is 41.7 Å². The van der Waals surface area contributed by atoms with E-state index >= 15 is 0 Å². The quantitative estimate of drug-likeness (QED) is 0.394. The van der Waals surface area contributed by atoms with Crippen molar-refractivity contribution in [2.24, 2.45) is 11.8 Å². The predicted molar refractivity (Wildman–Crippen MR) is 169 cm³/mol. The summed E-state index contributed by atoms with van der Waals surface area (Å²) in [5, 5.41) is 5.79. The van der Waals surface area contributed by atoms with E-state index in [2.05, 4.69) is 10.6 Å². The molecule has 0 saturated carbocycles. The zero-order valence-electron chi connectivity index (χ0n) is 25.6. The van der Waals surface area contributed by atoms with Crippen LogP contribution in [0, 0.1) is 11.8 Å². The molecule has 44 heavy (non-hydrogen) atoms. The number of halogens is 1. The Morgan fingerprint density at radius 3 is 2.48 bits per heavy atom. The van der Waals surface area contributed by atoms with Crippen molar-refractivity contribution >= 4 is 41.4 Å². The van der Waals surface area contributed by atoms with Crippen LogP contribution in [0.4, 0.5) is 0 Å². The lowest BCUT2D eigenvalue weighted by atomic mass is 9.99. The van der Waals surface area contributed by atoms with Crippen LogP contribution in [0.25, 0.3) is 6.08 Å². The number of cyclic esters (lactones) is 2. The first-order valence-electron chi connectivity index (χ1n) is 14.8. The Bertz CT molecular complexity index is 1340. The number of carbonyl (C=O) groups excluding carboxylic acids is 4. The summed E-state index contributed by atoms with van der Waals surface area (Å²) >= 11 is 6.27. The lowest BCUT2D eigenvalue weighted by Gasteiger charge is -2.25. The van der Waals surface area contributed by atoms with Crippen LogP contribution in [0.5, 0.6) is 5.75 Å². The number of hydrogen-bond donors (Lipinski definition) is 2. The third kappa shape index (κ3) is 11.2. The Labute approximate surface area is 264 Å². The molecule has 2 amide bonds. The van der Waals surface area contributed by atoms with E-state index in [1.54, 1.807) is 24.3 Å². The van der Waals surface area contributed by atoms with Crippen molar-refractivity contribution in [1.29, 1.82) is 0 Å². The van der Waals surface area contributed by atoms with Gasteiger partial charge in [-0.2, -0.15) is 0 Å². The molecule has 0 radical (unpaired) electrons. The van der Waals surface area contributed by atoms with Gasteiger partial charge in [-0.1, -0.05) is 87.0 Å².